The van der Waals surface area contributed by atoms with Gasteiger partial charge in [0.2, 0.25) is 0 Å². The summed E-state index contributed by atoms with van der Waals surface area (Å²) >= 11 is 0. The van der Waals surface area contributed by atoms with Gasteiger partial charge in [0.05, 0.1) is 17.4 Å². The van der Waals surface area contributed by atoms with Crippen LogP contribution in [0.2, 0.25) is 0 Å². The highest BCUT2D eigenvalue weighted by atomic mass is 16.1. The normalized spacial score (nSPS) is 10.5. The van der Waals surface area contributed by atoms with Crippen molar-refractivity contribution in [1.29, 1.82) is 0 Å². The Bertz CT molecular complexity index is 711. The van der Waals surface area contributed by atoms with Crippen molar-refractivity contribution in [1.82, 2.24) is 15.2 Å². The molecule has 1 amide bonds. The van der Waals surface area contributed by atoms with Crippen molar-refractivity contribution in [2.75, 3.05) is 32.5 Å². The molecular weight excluding hydrogens is 304 g/mol. The maximum Gasteiger partial charge on any atom is 0.252 e. The van der Waals surface area contributed by atoms with Crippen LogP contribution >= 0.6 is 0 Å². The highest BCUT2D eigenvalue weighted by molar-refractivity contribution is 5.95. The summed E-state index contributed by atoms with van der Waals surface area (Å²) in [6.45, 7) is 2.89. The van der Waals surface area contributed by atoms with Gasteiger partial charge < -0.3 is 15.5 Å². The number of amides is 1. The van der Waals surface area contributed by atoms with Crippen molar-refractivity contribution in [3.63, 3.8) is 0 Å². The largest absolute Gasteiger partial charge is 0.354 e. The van der Waals surface area contributed by atoms with Gasteiger partial charge in [0, 0.05) is 30.5 Å². The molecular formula is C18H22N4O2. The molecule has 0 aliphatic carbocycles. The monoisotopic (exact) mass is 326 g/mol. The molecule has 1 aromatic heterocycles. The Morgan fingerprint density at radius 2 is 1.75 bits per heavy atom. The minimum atomic E-state index is -0.153. The zero-order valence-electron chi connectivity index (χ0n) is 14.2. The second kappa shape index (κ2) is 8.21. The lowest BCUT2D eigenvalue weighted by Crippen LogP contribution is -2.31. The molecule has 0 radical (unpaired) electrons. The minimum Gasteiger partial charge on any atom is -0.354 e. The van der Waals surface area contributed by atoms with Crippen LogP contribution in [0.5, 0.6) is 0 Å². The summed E-state index contributed by atoms with van der Waals surface area (Å²) in [6, 6.07) is 8.91. The molecule has 0 bridgehead atoms. The lowest BCUT2D eigenvalue weighted by molar-refractivity contribution is 0.0949. The molecule has 0 fully saturated rings. The Balaban J connectivity index is 2.01. The average molecular weight is 326 g/mol. The number of hydrogen-bond acceptors (Lipinski definition) is 5. The van der Waals surface area contributed by atoms with Crippen molar-refractivity contribution < 1.29 is 9.59 Å². The molecule has 0 aliphatic rings. The number of hydrogen-bond donors (Lipinski definition) is 2. The second-order valence-corrected chi connectivity index (χ2v) is 5.78. The molecule has 1 heterocycles. The van der Waals surface area contributed by atoms with Crippen molar-refractivity contribution in [2.24, 2.45) is 0 Å². The third-order valence-electron chi connectivity index (χ3n) is 3.43. The first-order chi connectivity index (χ1) is 11.5. The van der Waals surface area contributed by atoms with Crippen LogP contribution in [0.1, 0.15) is 27.6 Å². The van der Waals surface area contributed by atoms with E-state index < -0.39 is 0 Å². The summed E-state index contributed by atoms with van der Waals surface area (Å²) in [5, 5.41) is 6.03. The molecule has 0 aliphatic heterocycles. The van der Waals surface area contributed by atoms with Crippen LogP contribution in [0.4, 0.5) is 11.4 Å². The fourth-order valence-corrected chi connectivity index (χ4v) is 2.08. The number of ketones is 1. The van der Waals surface area contributed by atoms with Crippen molar-refractivity contribution in [3.05, 3.63) is 53.9 Å². The summed E-state index contributed by atoms with van der Waals surface area (Å²) in [4.78, 5) is 29.5. The highest BCUT2D eigenvalue weighted by Crippen LogP contribution is 2.17. The molecule has 24 heavy (non-hydrogen) atoms. The van der Waals surface area contributed by atoms with E-state index in [1.54, 1.807) is 24.4 Å². The Morgan fingerprint density at radius 1 is 1.04 bits per heavy atom. The molecule has 126 valence electrons. The van der Waals surface area contributed by atoms with Gasteiger partial charge in [-0.25, -0.2) is 0 Å². The van der Waals surface area contributed by atoms with E-state index in [2.05, 4.69) is 15.6 Å². The van der Waals surface area contributed by atoms with Gasteiger partial charge in [-0.3, -0.25) is 14.6 Å². The van der Waals surface area contributed by atoms with Crippen LogP contribution in [0.25, 0.3) is 0 Å². The molecule has 2 rings (SSSR count). The van der Waals surface area contributed by atoms with Gasteiger partial charge in [0.25, 0.3) is 5.91 Å². The Hall–Kier alpha value is -2.73. The van der Waals surface area contributed by atoms with E-state index in [1.807, 2.05) is 31.1 Å². The molecule has 2 N–H and O–H groups in total. The van der Waals surface area contributed by atoms with Crippen LogP contribution in [0, 0.1) is 0 Å². The standard InChI is InChI=1S/C18H22N4O2/c1-13(23)14-4-6-16(7-5-14)21-17-10-15(11-19-12-17)18(24)20-8-9-22(2)3/h4-7,10-12,21H,8-9H2,1-3H3,(H,20,24). The number of aromatic nitrogens is 1. The SMILES string of the molecule is CC(=O)c1ccc(Nc2cncc(C(=O)NCCN(C)C)c2)cc1. The topological polar surface area (TPSA) is 74.3 Å². The number of benzene rings is 1. The maximum absolute atomic E-state index is 12.1. The van der Waals surface area contributed by atoms with Crippen LogP contribution < -0.4 is 10.6 Å². The predicted molar refractivity (Wildman–Crippen MR) is 94.9 cm³/mol. The summed E-state index contributed by atoms with van der Waals surface area (Å²) in [7, 11) is 3.91. The molecule has 0 spiro atoms. The molecule has 6 heteroatoms. The van der Waals surface area contributed by atoms with Crippen LogP contribution in [0.15, 0.2) is 42.7 Å². The highest BCUT2D eigenvalue weighted by Gasteiger charge is 2.07. The van der Waals surface area contributed by atoms with Gasteiger partial charge in [-0.1, -0.05) is 0 Å². The van der Waals surface area contributed by atoms with Crippen LogP contribution in [-0.4, -0.2) is 48.8 Å². The number of carbonyl (C=O) groups excluding carboxylic acids is 2. The zero-order chi connectivity index (χ0) is 17.5. The molecule has 2 aromatic rings. The number of Topliss-reactive ketones (excluding diaryl/α,β-unsaturated/α-hetero) is 1. The first kappa shape index (κ1) is 17.6. The number of anilines is 2. The third-order valence-corrected chi connectivity index (χ3v) is 3.43. The van der Waals surface area contributed by atoms with Crippen molar-refractivity contribution in [2.45, 2.75) is 6.92 Å². The number of carbonyl (C=O) groups is 2. The van der Waals surface area contributed by atoms with Gasteiger partial charge in [-0.15, -0.1) is 0 Å². The summed E-state index contributed by atoms with van der Waals surface area (Å²) in [5.41, 5.74) is 2.70. The van der Waals surface area contributed by atoms with E-state index in [0.717, 1.165) is 12.2 Å². The van der Waals surface area contributed by atoms with E-state index in [0.29, 0.717) is 23.4 Å². The number of rotatable bonds is 7. The zero-order valence-corrected chi connectivity index (χ0v) is 14.2. The smallest absolute Gasteiger partial charge is 0.252 e. The molecule has 0 saturated carbocycles. The summed E-state index contributed by atoms with van der Waals surface area (Å²) in [5.74, 6) is -0.125. The van der Waals surface area contributed by atoms with Gasteiger partial charge in [-0.2, -0.15) is 0 Å². The summed E-state index contributed by atoms with van der Waals surface area (Å²) < 4.78 is 0. The van der Waals surface area contributed by atoms with Gasteiger partial charge >= 0.3 is 0 Å². The summed E-state index contributed by atoms with van der Waals surface area (Å²) in [6.07, 6.45) is 3.19. The number of likely N-dealkylation sites (N-methyl/N-ethyl adjacent to an activating group) is 1. The van der Waals surface area contributed by atoms with Gasteiger partial charge in [-0.05, 0) is 51.4 Å². The van der Waals surface area contributed by atoms with Crippen LogP contribution in [-0.2, 0) is 0 Å². The quantitative estimate of drug-likeness (QED) is 0.764. The van der Waals surface area contributed by atoms with E-state index in [9.17, 15) is 9.59 Å². The fourth-order valence-electron chi connectivity index (χ4n) is 2.08. The van der Waals surface area contributed by atoms with E-state index >= 15 is 0 Å². The van der Waals surface area contributed by atoms with E-state index in [1.165, 1.54) is 13.1 Å². The number of nitrogens with one attached hydrogen (secondary N) is 2. The average Bonchev–Trinajstić information content (AvgIpc) is 2.55. The van der Waals surface area contributed by atoms with Gasteiger partial charge in [0.1, 0.15) is 0 Å². The minimum absolute atomic E-state index is 0.0274. The lowest BCUT2D eigenvalue weighted by Gasteiger charge is -2.11. The number of nitrogens with zero attached hydrogens (tertiary/aromatic N) is 2. The molecule has 1 aromatic carbocycles. The van der Waals surface area contributed by atoms with E-state index in [4.69, 9.17) is 0 Å². The fraction of sp³-hybridized carbons (Fsp3) is 0.278. The third kappa shape index (κ3) is 5.17. The Labute approximate surface area is 141 Å². The second-order valence-electron chi connectivity index (χ2n) is 5.78. The Morgan fingerprint density at radius 3 is 2.38 bits per heavy atom. The predicted octanol–water partition coefficient (Wildman–Crippen LogP) is 2.32. The first-order valence-corrected chi connectivity index (χ1v) is 7.71. The Kier molecular flexibility index (Phi) is 6.03. The lowest BCUT2D eigenvalue weighted by atomic mass is 10.1. The van der Waals surface area contributed by atoms with Crippen LogP contribution in [0.3, 0.4) is 0 Å². The molecule has 0 saturated heterocycles. The number of pyridine rings is 1. The molecule has 0 atom stereocenters. The maximum atomic E-state index is 12.1. The van der Waals surface area contributed by atoms with E-state index in [-0.39, 0.29) is 11.7 Å². The molecule has 0 unspecified atom stereocenters. The molecule has 6 nitrogen and oxygen atoms in total. The van der Waals surface area contributed by atoms with Gasteiger partial charge in [0.15, 0.2) is 5.78 Å². The first-order valence-electron chi connectivity index (χ1n) is 7.71. The van der Waals surface area contributed by atoms with Crippen molar-refractivity contribution >= 4 is 23.1 Å². The van der Waals surface area contributed by atoms with Crippen molar-refractivity contribution in [3.8, 4) is 0 Å².